The average molecular weight is 316 g/mol. The minimum atomic E-state index is 0.598. The van der Waals surface area contributed by atoms with E-state index < -0.39 is 0 Å². The van der Waals surface area contributed by atoms with Crippen LogP contribution in [0.3, 0.4) is 0 Å². The molecule has 0 rings (SSSR count). The third kappa shape index (κ3) is 8.69. The molecular formula is C22H41B. The summed E-state index contributed by atoms with van der Waals surface area (Å²) in [5.41, 5.74) is 1.43. The second kappa shape index (κ2) is 12.7. The van der Waals surface area contributed by atoms with Crippen LogP contribution in [-0.4, -0.2) is 6.71 Å². The van der Waals surface area contributed by atoms with Crippen LogP contribution in [0.2, 0.25) is 11.6 Å². The van der Waals surface area contributed by atoms with Crippen LogP contribution < -0.4 is 0 Å². The Hall–Kier alpha value is -0.635. The van der Waals surface area contributed by atoms with Gasteiger partial charge in [-0.05, 0) is 18.3 Å². The predicted molar refractivity (Wildman–Crippen MR) is 109 cm³/mol. The van der Waals surface area contributed by atoms with Crippen molar-refractivity contribution in [2.24, 2.45) is 11.8 Å². The first-order valence-corrected chi connectivity index (χ1v) is 10.1. The molecule has 0 aliphatic carbocycles. The van der Waals surface area contributed by atoms with E-state index in [-0.39, 0.29) is 0 Å². The van der Waals surface area contributed by atoms with Crippen molar-refractivity contribution in [3.05, 3.63) is 11.5 Å². The van der Waals surface area contributed by atoms with Crippen LogP contribution in [0.1, 0.15) is 93.9 Å². The Morgan fingerprint density at radius 1 is 0.870 bits per heavy atom. The summed E-state index contributed by atoms with van der Waals surface area (Å²) < 4.78 is 0. The van der Waals surface area contributed by atoms with Crippen molar-refractivity contribution >= 4 is 6.71 Å². The van der Waals surface area contributed by atoms with Gasteiger partial charge < -0.3 is 0 Å². The summed E-state index contributed by atoms with van der Waals surface area (Å²) in [6.07, 6.45) is 9.68. The Labute approximate surface area is 148 Å². The molecule has 1 heteroatoms. The maximum Gasteiger partial charge on any atom is 0.192 e. The Morgan fingerprint density at radius 2 is 1.39 bits per heavy atom. The molecule has 2 unspecified atom stereocenters. The molecule has 0 saturated carbocycles. The maximum absolute atomic E-state index is 3.60. The van der Waals surface area contributed by atoms with Gasteiger partial charge in [0.2, 0.25) is 0 Å². The van der Waals surface area contributed by atoms with Crippen LogP contribution in [0.5, 0.6) is 0 Å². The molecule has 0 saturated heterocycles. The lowest BCUT2D eigenvalue weighted by atomic mass is 9.28. The molecule has 2 atom stereocenters. The Bertz CT molecular complexity index is 367. The molecule has 0 aliphatic heterocycles. The van der Waals surface area contributed by atoms with Crippen molar-refractivity contribution in [1.82, 2.24) is 0 Å². The van der Waals surface area contributed by atoms with Gasteiger partial charge in [-0.1, -0.05) is 116 Å². The number of allylic oxidation sites excluding steroid dienone is 2. The van der Waals surface area contributed by atoms with Crippen LogP contribution in [0.4, 0.5) is 0 Å². The summed E-state index contributed by atoms with van der Waals surface area (Å²) >= 11 is 0. The molecule has 0 nitrogen and oxygen atoms in total. The van der Waals surface area contributed by atoms with Gasteiger partial charge in [0.25, 0.3) is 0 Å². The number of unbranched alkanes of at least 4 members (excludes halogenated alkanes) is 4. The number of rotatable bonds is 10. The fraction of sp³-hybridized carbons (Fsp3) is 0.818. The van der Waals surface area contributed by atoms with Gasteiger partial charge in [0.1, 0.15) is 0 Å². The SMILES string of the molecule is CCCCC#C/C(=C/CCCC)B(C(C)C(C)C)C(C)C(C)C. The molecule has 0 aromatic rings. The summed E-state index contributed by atoms with van der Waals surface area (Å²) in [4.78, 5) is 0. The third-order valence-corrected chi connectivity index (χ3v) is 5.41. The second-order valence-electron chi connectivity index (χ2n) is 7.94. The van der Waals surface area contributed by atoms with Gasteiger partial charge in [-0.2, -0.15) is 0 Å². The van der Waals surface area contributed by atoms with E-state index in [0.717, 1.165) is 6.42 Å². The van der Waals surface area contributed by atoms with Crippen LogP contribution in [-0.2, 0) is 0 Å². The molecule has 0 aromatic heterocycles. The zero-order valence-corrected chi connectivity index (χ0v) is 17.2. The fourth-order valence-electron chi connectivity index (χ4n) is 3.04. The van der Waals surface area contributed by atoms with Crippen molar-refractivity contribution in [3.63, 3.8) is 0 Å². The van der Waals surface area contributed by atoms with E-state index in [1.807, 2.05) is 0 Å². The van der Waals surface area contributed by atoms with Gasteiger partial charge in [-0.3, -0.25) is 0 Å². The van der Waals surface area contributed by atoms with Crippen LogP contribution in [0.25, 0.3) is 0 Å². The van der Waals surface area contributed by atoms with Crippen molar-refractivity contribution < 1.29 is 0 Å². The summed E-state index contributed by atoms with van der Waals surface area (Å²) in [5.74, 6) is 9.83. The molecule has 0 aromatic carbocycles. The predicted octanol–water partition coefficient (Wildman–Crippen LogP) is 7.42. The molecule has 0 fully saturated rings. The van der Waals surface area contributed by atoms with Crippen LogP contribution in [0, 0.1) is 23.7 Å². The van der Waals surface area contributed by atoms with Crippen LogP contribution in [0.15, 0.2) is 11.5 Å². The van der Waals surface area contributed by atoms with E-state index >= 15 is 0 Å². The zero-order chi connectivity index (χ0) is 17.8. The summed E-state index contributed by atoms with van der Waals surface area (Å²) in [6.45, 7) is 19.4. The quantitative estimate of drug-likeness (QED) is 0.223. The standard InChI is InChI=1S/C22H41B/c1-9-11-13-15-17-22(16-14-12-10-2)23(20(7)18(3)4)21(8)19(5)6/h16,18-21H,9-14H2,1-8H3/b22-16-. The van der Waals surface area contributed by atoms with Gasteiger partial charge in [0.15, 0.2) is 6.71 Å². The highest BCUT2D eigenvalue weighted by Gasteiger charge is 2.33. The van der Waals surface area contributed by atoms with E-state index in [1.54, 1.807) is 0 Å². The highest BCUT2D eigenvalue weighted by molar-refractivity contribution is 6.70. The lowest BCUT2D eigenvalue weighted by Crippen LogP contribution is -2.32. The molecule has 0 spiro atoms. The van der Waals surface area contributed by atoms with Crippen molar-refractivity contribution in [3.8, 4) is 11.8 Å². The maximum atomic E-state index is 3.60. The molecule has 23 heavy (non-hydrogen) atoms. The van der Waals surface area contributed by atoms with E-state index in [2.05, 4.69) is 73.3 Å². The van der Waals surface area contributed by atoms with E-state index in [4.69, 9.17) is 0 Å². The van der Waals surface area contributed by atoms with Crippen LogP contribution >= 0.6 is 0 Å². The first kappa shape index (κ1) is 22.4. The second-order valence-corrected chi connectivity index (χ2v) is 7.94. The van der Waals surface area contributed by atoms with Gasteiger partial charge in [0, 0.05) is 6.42 Å². The minimum Gasteiger partial charge on any atom is -0.0991 e. The summed E-state index contributed by atoms with van der Waals surface area (Å²) in [6, 6.07) is 0. The Kier molecular flexibility index (Phi) is 12.4. The van der Waals surface area contributed by atoms with E-state index in [9.17, 15) is 0 Å². The molecule has 0 N–H and O–H groups in total. The first-order valence-electron chi connectivity index (χ1n) is 10.1. The largest absolute Gasteiger partial charge is 0.192 e. The third-order valence-electron chi connectivity index (χ3n) is 5.41. The number of hydrogen-bond donors (Lipinski definition) is 0. The first-order chi connectivity index (χ1) is 10.9. The molecule has 0 bridgehead atoms. The van der Waals surface area contributed by atoms with Crippen molar-refractivity contribution in [2.75, 3.05) is 0 Å². The number of hydrogen-bond acceptors (Lipinski definition) is 0. The Balaban J connectivity index is 5.48. The van der Waals surface area contributed by atoms with E-state index in [1.165, 1.54) is 37.6 Å². The molecule has 0 amide bonds. The molecular weight excluding hydrogens is 275 g/mol. The zero-order valence-electron chi connectivity index (χ0n) is 17.2. The van der Waals surface area contributed by atoms with Gasteiger partial charge >= 0.3 is 0 Å². The monoisotopic (exact) mass is 316 g/mol. The highest BCUT2D eigenvalue weighted by Crippen LogP contribution is 2.36. The molecule has 0 radical (unpaired) electrons. The average Bonchev–Trinajstić information content (AvgIpc) is 2.50. The fourth-order valence-corrected chi connectivity index (χ4v) is 3.04. The minimum absolute atomic E-state index is 0.598. The highest BCUT2D eigenvalue weighted by atomic mass is 14.1. The topological polar surface area (TPSA) is 0 Å². The lowest BCUT2D eigenvalue weighted by molar-refractivity contribution is 0.565. The molecule has 0 aliphatic rings. The summed E-state index contributed by atoms with van der Waals surface area (Å²) in [7, 11) is 0. The van der Waals surface area contributed by atoms with Crippen molar-refractivity contribution in [2.45, 2.75) is 106 Å². The lowest BCUT2D eigenvalue weighted by Gasteiger charge is -2.32. The molecule has 0 heterocycles. The summed E-state index contributed by atoms with van der Waals surface area (Å²) in [5, 5.41) is 0. The van der Waals surface area contributed by atoms with Gasteiger partial charge in [0.05, 0.1) is 0 Å². The molecule has 132 valence electrons. The van der Waals surface area contributed by atoms with E-state index in [0.29, 0.717) is 30.2 Å². The van der Waals surface area contributed by atoms with Crippen molar-refractivity contribution in [1.29, 1.82) is 0 Å². The van der Waals surface area contributed by atoms with Gasteiger partial charge in [-0.15, -0.1) is 0 Å². The van der Waals surface area contributed by atoms with Gasteiger partial charge in [-0.25, -0.2) is 0 Å². The normalized spacial score (nSPS) is 14.6. The smallest absolute Gasteiger partial charge is 0.0991 e. The Morgan fingerprint density at radius 3 is 1.83 bits per heavy atom.